The third-order valence-corrected chi connectivity index (χ3v) is 5.62. The van der Waals surface area contributed by atoms with Crippen LogP contribution in [-0.2, 0) is 14.3 Å². The van der Waals surface area contributed by atoms with Gasteiger partial charge in [-0.05, 0) is 25.7 Å². The van der Waals surface area contributed by atoms with E-state index in [4.69, 9.17) is 4.74 Å². The molecule has 2 N–H and O–H groups in total. The first-order valence-electron chi connectivity index (χ1n) is 10.1. The minimum Gasteiger partial charge on any atom is -0.383 e. The van der Waals surface area contributed by atoms with Gasteiger partial charge in [0.2, 0.25) is 11.8 Å². The van der Waals surface area contributed by atoms with Gasteiger partial charge in [-0.3, -0.25) is 19.4 Å². The van der Waals surface area contributed by atoms with Gasteiger partial charge in [-0.15, -0.1) is 0 Å². The Labute approximate surface area is 157 Å². The Kier molecular flexibility index (Phi) is 9.36. The Morgan fingerprint density at radius 2 is 1.77 bits per heavy atom. The average Bonchev–Trinajstić information content (AvgIpc) is 2.67. The lowest BCUT2D eigenvalue weighted by atomic mass is 9.89. The number of carbonyl (C=O) groups is 2. The maximum Gasteiger partial charge on any atom is 0.237 e. The number of methoxy groups -OCH3 is 1. The molecule has 1 heterocycles. The van der Waals surface area contributed by atoms with Crippen LogP contribution in [0.15, 0.2) is 0 Å². The van der Waals surface area contributed by atoms with Gasteiger partial charge in [-0.1, -0.05) is 19.3 Å². The second-order valence-electron chi connectivity index (χ2n) is 7.58. The Bertz CT molecular complexity index is 433. The second-order valence-corrected chi connectivity index (χ2v) is 7.58. The summed E-state index contributed by atoms with van der Waals surface area (Å²) in [6.07, 6.45) is 6.45. The van der Waals surface area contributed by atoms with E-state index in [1.807, 2.05) is 6.92 Å². The largest absolute Gasteiger partial charge is 0.383 e. The van der Waals surface area contributed by atoms with Crippen molar-refractivity contribution in [3.05, 3.63) is 0 Å². The molecule has 1 aliphatic heterocycles. The third kappa shape index (κ3) is 7.21. The highest BCUT2D eigenvalue weighted by Crippen LogP contribution is 2.22. The van der Waals surface area contributed by atoms with Crippen LogP contribution in [0.3, 0.4) is 0 Å². The summed E-state index contributed by atoms with van der Waals surface area (Å²) in [5, 5.41) is 6.00. The fourth-order valence-electron chi connectivity index (χ4n) is 3.81. The molecular formula is C19H36N4O3. The number of nitrogens with one attached hydrogen (secondary N) is 2. The van der Waals surface area contributed by atoms with Gasteiger partial charge in [0, 0.05) is 46.4 Å². The highest BCUT2D eigenvalue weighted by Gasteiger charge is 2.26. The van der Waals surface area contributed by atoms with E-state index in [1.165, 1.54) is 32.1 Å². The van der Waals surface area contributed by atoms with E-state index in [0.717, 1.165) is 32.7 Å². The van der Waals surface area contributed by atoms with E-state index in [0.29, 0.717) is 25.6 Å². The van der Waals surface area contributed by atoms with Crippen molar-refractivity contribution >= 4 is 11.8 Å². The fraction of sp³-hybridized carbons (Fsp3) is 0.895. The minimum absolute atomic E-state index is 0.0359. The topological polar surface area (TPSA) is 73.9 Å². The highest BCUT2D eigenvalue weighted by atomic mass is 16.5. The molecule has 1 saturated heterocycles. The molecule has 1 aliphatic carbocycles. The quantitative estimate of drug-likeness (QED) is 0.578. The molecule has 2 aliphatic rings. The first-order chi connectivity index (χ1) is 12.6. The van der Waals surface area contributed by atoms with Gasteiger partial charge in [0.1, 0.15) is 0 Å². The maximum absolute atomic E-state index is 12.4. The highest BCUT2D eigenvalue weighted by molar-refractivity contribution is 5.81. The van der Waals surface area contributed by atoms with Crippen LogP contribution in [-0.4, -0.2) is 87.2 Å². The lowest BCUT2D eigenvalue weighted by molar-refractivity contribution is -0.128. The summed E-state index contributed by atoms with van der Waals surface area (Å²) in [6.45, 7) is 7.59. The van der Waals surface area contributed by atoms with Crippen LogP contribution in [0.1, 0.15) is 39.0 Å². The van der Waals surface area contributed by atoms with Gasteiger partial charge < -0.3 is 15.4 Å². The minimum atomic E-state index is -0.101. The molecule has 1 unspecified atom stereocenters. The number of hydrogen-bond acceptors (Lipinski definition) is 5. The van der Waals surface area contributed by atoms with Crippen LogP contribution < -0.4 is 10.6 Å². The molecular weight excluding hydrogens is 332 g/mol. The van der Waals surface area contributed by atoms with E-state index < -0.39 is 0 Å². The standard InChI is InChI=1S/C19H36N4O3/c1-16(19(25)21-14-17-6-4-3-5-7-17)23-11-9-22(10-12-23)15-18(24)20-8-13-26-2/h16-17H,3-15H2,1-2H3,(H,20,24)(H,21,25). The molecule has 7 nitrogen and oxygen atoms in total. The molecule has 0 bridgehead atoms. The molecule has 2 rings (SSSR count). The molecule has 1 atom stereocenters. The molecule has 0 spiro atoms. The lowest BCUT2D eigenvalue weighted by Gasteiger charge is -2.37. The predicted octanol–water partition coefficient (Wildman–Crippen LogP) is 0.452. The number of nitrogens with zero attached hydrogens (tertiary/aromatic N) is 2. The Hall–Kier alpha value is -1.18. The number of amides is 2. The third-order valence-electron chi connectivity index (χ3n) is 5.62. The molecule has 1 saturated carbocycles. The maximum atomic E-state index is 12.4. The summed E-state index contributed by atoms with van der Waals surface area (Å²) in [4.78, 5) is 28.7. The van der Waals surface area contributed by atoms with E-state index in [2.05, 4.69) is 20.4 Å². The summed E-state index contributed by atoms with van der Waals surface area (Å²) in [7, 11) is 1.62. The zero-order valence-electron chi connectivity index (χ0n) is 16.5. The number of rotatable bonds is 9. The van der Waals surface area contributed by atoms with Crippen molar-refractivity contribution < 1.29 is 14.3 Å². The van der Waals surface area contributed by atoms with Crippen LogP contribution in [0.4, 0.5) is 0 Å². The van der Waals surface area contributed by atoms with Gasteiger partial charge in [0.25, 0.3) is 0 Å². The summed E-state index contributed by atoms with van der Waals surface area (Å²) in [5.74, 6) is 0.837. The van der Waals surface area contributed by atoms with E-state index >= 15 is 0 Å². The molecule has 0 radical (unpaired) electrons. The summed E-state index contributed by atoms with van der Waals surface area (Å²) in [5.41, 5.74) is 0. The van der Waals surface area contributed by atoms with E-state index in [-0.39, 0.29) is 17.9 Å². The van der Waals surface area contributed by atoms with Gasteiger partial charge >= 0.3 is 0 Å². The van der Waals surface area contributed by atoms with Gasteiger partial charge in [-0.2, -0.15) is 0 Å². The molecule has 26 heavy (non-hydrogen) atoms. The SMILES string of the molecule is COCCNC(=O)CN1CCN(C(C)C(=O)NCC2CCCCC2)CC1. The van der Waals surface area contributed by atoms with Crippen LogP contribution >= 0.6 is 0 Å². The van der Waals surface area contributed by atoms with Crippen molar-refractivity contribution in [1.29, 1.82) is 0 Å². The normalized spacial score (nSPS) is 21.3. The summed E-state index contributed by atoms with van der Waals surface area (Å²) >= 11 is 0. The number of hydrogen-bond donors (Lipinski definition) is 2. The monoisotopic (exact) mass is 368 g/mol. The zero-order chi connectivity index (χ0) is 18.8. The van der Waals surface area contributed by atoms with Crippen LogP contribution in [0.2, 0.25) is 0 Å². The lowest BCUT2D eigenvalue weighted by Crippen LogP contribution is -2.55. The summed E-state index contributed by atoms with van der Waals surface area (Å²) in [6, 6.07) is -0.101. The van der Waals surface area contributed by atoms with Crippen LogP contribution in [0.25, 0.3) is 0 Å². The molecule has 2 amide bonds. The molecule has 0 aromatic heterocycles. The molecule has 2 fully saturated rings. The van der Waals surface area contributed by atoms with Crippen LogP contribution in [0, 0.1) is 5.92 Å². The molecule has 7 heteroatoms. The van der Waals surface area contributed by atoms with Gasteiger partial charge in [0.05, 0.1) is 19.2 Å². The van der Waals surface area contributed by atoms with Crippen molar-refractivity contribution in [2.45, 2.75) is 45.1 Å². The van der Waals surface area contributed by atoms with Crippen molar-refractivity contribution in [1.82, 2.24) is 20.4 Å². The van der Waals surface area contributed by atoms with Crippen LogP contribution in [0.5, 0.6) is 0 Å². The number of ether oxygens (including phenoxy) is 1. The Morgan fingerprint density at radius 3 is 2.42 bits per heavy atom. The Morgan fingerprint density at radius 1 is 1.08 bits per heavy atom. The summed E-state index contributed by atoms with van der Waals surface area (Å²) < 4.78 is 4.93. The van der Waals surface area contributed by atoms with Crippen molar-refractivity contribution in [3.8, 4) is 0 Å². The average molecular weight is 369 g/mol. The van der Waals surface area contributed by atoms with Gasteiger partial charge in [0.15, 0.2) is 0 Å². The molecule has 150 valence electrons. The second kappa shape index (κ2) is 11.5. The zero-order valence-corrected chi connectivity index (χ0v) is 16.5. The van der Waals surface area contributed by atoms with E-state index in [9.17, 15) is 9.59 Å². The molecule has 0 aromatic rings. The fourth-order valence-corrected chi connectivity index (χ4v) is 3.81. The van der Waals surface area contributed by atoms with Gasteiger partial charge in [-0.25, -0.2) is 0 Å². The van der Waals surface area contributed by atoms with Crippen molar-refractivity contribution in [2.75, 3.05) is 59.5 Å². The predicted molar refractivity (Wildman–Crippen MR) is 102 cm³/mol. The molecule has 0 aromatic carbocycles. The number of carbonyl (C=O) groups excluding carboxylic acids is 2. The first kappa shape index (κ1) is 21.1. The van der Waals surface area contributed by atoms with Crippen molar-refractivity contribution in [2.24, 2.45) is 5.92 Å². The van der Waals surface area contributed by atoms with Crippen molar-refractivity contribution in [3.63, 3.8) is 0 Å². The first-order valence-corrected chi connectivity index (χ1v) is 10.1. The van der Waals surface area contributed by atoms with E-state index in [1.54, 1.807) is 7.11 Å². The smallest absolute Gasteiger partial charge is 0.237 e. The number of piperazine rings is 1. The Balaban J connectivity index is 1.62.